The number of hydrogen-bond acceptors (Lipinski definition) is 2. The monoisotopic (exact) mass is 252 g/mol. The molecule has 1 fully saturated rings. The summed E-state index contributed by atoms with van der Waals surface area (Å²) in [6, 6.07) is 10.4. The van der Waals surface area contributed by atoms with Crippen LogP contribution < -0.4 is 0 Å². The van der Waals surface area contributed by atoms with Crippen LogP contribution in [0.5, 0.6) is 0 Å². The minimum absolute atomic E-state index is 0.115. The summed E-state index contributed by atoms with van der Waals surface area (Å²) in [4.78, 5) is 4.96. The van der Waals surface area contributed by atoms with Gasteiger partial charge < -0.3 is 4.90 Å². The molecule has 2 rings (SSSR count). The van der Waals surface area contributed by atoms with Gasteiger partial charge in [0.1, 0.15) is 0 Å². The van der Waals surface area contributed by atoms with E-state index in [1.165, 1.54) is 18.7 Å². The second kappa shape index (κ2) is 6.39. The first-order chi connectivity index (χ1) is 8.29. The lowest BCUT2D eigenvalue weighted by atomic mass is 10.1. The molecular weight excluding hydrogens is 232 g/mol. The minimum Gasteiger partial charge on any atom is -0.301 e. The number of benzene rings is 1. The fraction of sp³-hybridized carbons (Fsp3) is 0.571. The number of likely N-dealkylation sites (N-methyl/N-ethyl adjacent to an activating group) is 1. The topological polar surface area (TPSA) is 6.48 Å². The molecule has 1 aliphatic heterocycles. The van der Waals surface area contributed by atoms with Gasteiger partial charge in [-0.05, 0) is 12.1 Å². The van der Waals surface area contributed by atoms with Gasteiger partial charge >= 0.3 is 0 Å². The Bertz CT molecular complexity index is 320. The van der Waals surface area contributed by atoms with Crippen LogP contribution >= 0.6 is 11.6 Å². The van der Waals surface area contributed by atoms with E-state index in [9.17, 15) is 0 Å². The van der Waals surface area contributed by atoms with Gasteiger partial charge in [-0.1, -0.05) is 37.3 Å². The molecule has 0 saturated carbocycles. The second-order valence-corrected chi connectivity index (χ2v) is 5.14. The Morgan fingerprint density at radius 1 is 1.06 bits per heavy atom. The second-order valence-electron chi connectivity index (χ2n) is 4.61. The normalized spacial score (nSPS) is 20.4. The van der Waals surface area contributed by atoms with E-state index in [4.69, 9.17) is 11.6 Å². The number of piperazine rings is 1. The van der Waals surface area contributed by atoms with Crippen molar-refractivity contribution in [2.45, 2.75) is 12.3 Å². The molecule has 0 amide bonds. The number of halogens is 1. The third-order valence-corrected chi connectivity index (χ3v) is 3.88. The number of rotatable bonds is 4. The highest BCUT2D eigenvalue weighted by Crippen LogP contribution is 2.21. The molecule has 0 bridgehead atoms. The average molecular weight is 253 g/mol. The first-order valence-corrected chi connectivity index (χ1v) is 6.87. The summed E-state index contributed by atoms with van der Waals surface area (Å²) in [6.07, 6.45) is 0. The largest absolute Gasteiger partial charge is 0.301 e. The fourth-order valence-corrected chi connectivity index (χ4v) is 2.62. The van der Waals surface area contributed by atoms with Gasteiger partial charge in [0.15, 0.2) is 0 Å². The zero-order valence-corrected chi connectivity index (χ0v) is 11.2. The Labute approximate surface area is 109 Å². The summed E-state index contributed by atoms with van der Waals surface area (Å²) in [6.45, 7) is 8.99. The molecule has 94 valence electrons. The van der Waals surface area contributed by atoms with E-state index >= 15 is 0 Å². The van der Waals surface area contributed by atoms with Gasteiger partial charge in [0.2, 0.25) is 0 Å². The van der Waals surface area contributed by atoms with Crippen LogP contribution in [0.1, 0.15) is 17.9 Å². The number of hydrogen-bond donors (Lipinski definition) is 0. The fourth-order valence-electron chi connectivity index (χ4n) is 2.28. The van der Waals surface area contributed by atoms with Gasteiger partial charge in [0.25, 0.3) is 0 Å². The van der Waals surface area contributed by atoms with Crippen molar-refractivity contribution in [1.29, 1.82) is 0 Å². The Morgan fingerprint density at radius 3 is 2.24 bits per heavy atom. The van der Waals surface area contributed by atoms with Crippen molar-refractivity contribution in [3.8, 4) is 0 Å². The summed E-state index contributed by atoms with van der Waals surface area (Å²) < 4.78 is 0. The van der Waals surface area contributed by atoms with Crippen molar-refractivity contribution in [3.63, 3.8) is 0 Å². The third kappa shape index (κ3) is 3.70. The van der Waals surface area contributed by atoms with Gasteiger partial charge in [-0.15, -0.1) is 11.6 Å². The molecule has 1 unspecified atom stereocenters. The zero-order valence-electron chi connectivity index (χ0n) is 10.5. The van der Waals surface area contributed by atoms with Crippen LogP contribution in [0.25, 0.3) is 0 Å². The first-order valence-electron chi connectivity index (χ1n) is 6.43. The van der Waals surface area contributed by atoms with E-state index in [2.05, 4.69) is 41.0 Å². The number of alkyl halides is 1. The Balaban J connectivity index is 1.82. The van der Waals surface area contributed by atoms with Crippen LogP contribution in [0.4, 0.5) is 0 Å². The van der Waals surface area contributed by atoms with E-state index < -0.39 is 0 Å². The highest BCUT2D eigenvalue weighted by Gasteiger charge is 2.18. The summed E-state index contributed by atoms with van der Waals surface area (Å²) in [5.74, 6) is 0. The van der Waals surface area contributed by atoms with Crippen LogP contribution in [0, 0.1) is 0 Å². The maximum atomic E-state index is 6.45. The van der Waals surface area contributed by atoms with E-state index in [0.29, 0.717) is 0 Å². The SMILES string of the molecule is CCN1CCN(CC(Cl)c2ccccc2)CC1. The lowest BCUT2D eigenvalue weighted by Crippen LogP contribution is -2.46. The van der Waals surface area contributed by atoms with Crippen LogP contribution in [0.3, 0.4) is 0 Å². The van der Waals surface area contributed by atoms with Crippen molar-refractivity contribution in [3.05, 3.63) is 35.9 Å². The summed E-state index contributed by atoms with van der Waals surface area (Å²) in [5.41, 5.74) is 1.23. The van der Waals surface area contributed by atoms with E-state index in [1.54, 1.807) is 0 Å². The summed E-state index contributed by atoms with van der Waals surface area (Å²) in [7, 11) is 0. The van der Waals surface area contributed by atoms with Crippen LogP contribution in [-0.2, 0) is 0 Å². The molecule has 3 heteroatoms. The molecule has 2 nitrogen and oxygen atoms in total. The molecule has 0 spiro atoms. The molecule has 1 atom stereocenters. The lowest BCUT2D eigenvalue weighted by molar-refractivity contribution is 0.137. The van der Waals surface area contributed by atoms with Crippen molar-refractivity contribution in [2.24, 2.45) is 0 Å². The predicted molar refractivity (Wildman–Crippen MR) is 73.6 cm³/mol. The maximum absolute atomic E-state index is 6.45. The zero-order chi connectivity index (χ0) is 12.1. The summed E-state index contributed by atoms with van der Waals surface area (Å²) in [5, 5.41) is 0.115. The van der Waals surface area contributed by atoms with E-state index in [-0.39, 0.29) is 5.38 Å². The van der Waals surface area contributed by atoms with Crippen LogP contribution in [-0.4, -0.2) is 49.1 Å². The first kappa shape index (κ1) is 12.9. The number of nitrogens with zero attached hydrogens (tertiary/aromatic N) is 2. The average Bonchev–Trinajstić information content (AvgIpc) is 2.40. The van der Waals surface area contributed by atoms with Gasteiger partial charge in [0, 0.05) is 32.7 Å². The Morgan fingerprint density at radius 2 is 1.65 bits per heavy atom. The maximum Gasteiger partial charge on any atom is 0.0712 e. The molecule has 1 aromatic carbocycles. The van der Waals surface area contributed by atoms with E-state index in [1.807, 2.05) is 6.07 Å². The van der Waals surface area contributed by atoms with Crippen molar-refractivity contribution < 1.29 is 0 Å². The molecule has 0 aromatic heterocycles. The molecule has 0 N–H and O–H groups in total. The molecular formula is C14H21ClN2. The molecule has 1 aromatic rings. The minimum atomic E-state index is 0.115. The molecule has 1 aliphatic rings. The highest BCUT2D eigenvalue weighted by atomic mass is 35.5. The predicted octanol–water partition coefficient (Wildman–Crippen LogP) is 2.60. The molecule has 0 aliphatic carbocycles. The third-order valence-electron chi connectivity index (χ3n) is 3.49. The highest BCUT2D eigenvalue weighted by molar-refractivity contribution is 6.21. The Hall–Kier alpha value is -0.570. The van der Waals surface area contributed by atoms with Crippen molar-refractivity contribution >= 4 is 11.6 Å². The van der Waals surface area contributed by atoms with Gasteiger partial charge in [-0.3, -0.25) is 4.90 Å². The van der Waals surface area contributed by atoms with Gasteiger partial charge in [-0.25, -0.2) is 0 Å². The van der Waals surface area contributed by atoms with Crippen LogP contribution in [0.15, 0.2) is 30.3 Å². The quantitative estimate of drug-likeness (QED) is 0.760. The Kier molecular flexibility index (Phi) is 4.84. The van der Waals surface area contributed by atoms with Crippen LogP contribution in [0.2, 0.25) is 0 Å². The smallest absolute Gasteiger partial charge is 0.0712 e. The molecule has 0 radical (unpaired) electrons. The standard InChI is InChI=1S/C14H21ClN2/c1-2-16-8-10-17(11-9-16)12-14(15)13-6-4-3-5-7-13/h3-7,14H,2,8-12H2,1H3. The van der Waals surface area contributed by atoms with Gasteiger partial charge in [0.05, 0.1) is 5.38 Å². The van der Waals surface area contributed by atoms with E-state index in [0.717, 1.165) is 26.2 Å². The molecule has 1 heterocycles. The molecule has 1 saturated heterocycles. The van der Waals surface area contributed by atoms with Crippen molar-refractivity contribution in [1.82, 2.24) is 9.80 Å². The lowest BCUT2D eigenvalue weighted by Gasteiger charge is -2.34. The van der Waals surface area contributed by atoms with Crippen molar-refractivity contribution in [2.75, 3.05) is 39.3 Å². The summed E-state index contributed by atoms with van der Waals surface area (Å²) >= 11 is 6.45. The molecule has 17 heavy (non-hydrogen) atoms. The van der Waals surface area contributed by atoms with Gasteiger partial charge in [-0.2, -0.15) is 0 Å².